The lowest BCUT2D eigenvalue weighted by molar-refractivity contribution is 0.340. The van der Waals surface area contributed by atoms with Crippen LogP contribution < -0.4 is 10.3 Å². The van der Waals surface area contributed by atoms with Gasteiger partial charge in [0.2, 0.25) is 0 Å². The molecule has 1 aromatic carbocycles. The maximum absolute atomic E-state index is 12.2. The first kappa shape index (κ1) is 15.5. The Kier molecular flexibility index (Phi) is 5.33. The molecular formula is C16H20N2O2S. The Morgan fingerprint density at radius 2 is 2.05 bits per heavy atom. The molecule has 1 aromatic heterocycles. The minimum atomic E-state index is -0.107. The molecule has 2 rings (SSSR count). The van der Waals surface area contributed by atoms with Crippen LogP contribution in [0.25, 0.3) is 0 Å². The zero-order valence-electron chi connectivity index (χ0n) is 12.4. The Morgan fingerprint density at radius 3 is 2.76 bits per heavy atom. The van der Waals surface area contributed by atoms with Crippen molar-refractivity contribution in [3.63, 3.8) is 0 Å². The van der Waals surface area contributed by atoms with Crippen molar-refractivity contribution < 1.29 is 4.74 Å². The smallest absolute Gasteiger partial charge is 0.255 e. The van der Waals surface area contributed by atoms with Gasteiger partial charge in [-0.3, -0.25) is 9.78 Å². The van der Waals surface area contributed by atoms with Crippen LogP contribution in [0.15, 0.2) is 29.1 Å². The number of hydrogen-bond acceptors (Lipinski definition) is 3. The number of aryl methyl sites for hydroxylation is 1. The highest BCUT2D eigenvalue weighted by molar-refractivity contribution is 7.71. The molecule has 0 unspecified atom stereocenters. The fourth-order valence-corrected chi connectivity index (χ4v) is 2.54. The van der Waals surface area contributed by atoms with Crippen LogP contribution in [0.2, 0.25) is 0 Å². The third-order valence-electron chi connectivity index (χ3n) is 3.22. The van der Waals surface area contributed by atoms with E-state index in [2.05, 4.69) is 16.9 Å². The molecule has 0 bridgehead atoms. The monoisotopic (exact) mass is 304 g/mol. The molecule has 1 heterocycles. The van der Waals surface area contributed by atoms with Gasteiger partial charge in [0.15, 0.2) is 4.77 Å². The normalized spacial score (nSPS) is 10.6. The fraction of sp³-hybridized carbons (Fsp3) is 0.375. The number of rotatable bonds is 6. The molecule has 0 aliphatic rings. The zero-order valence-corrected chi connectivity index (χ0v) is 13.2. The van der Waals surface area contributed by atoms with Crippen molar-refractivity contribution in [2.24, 2.45) is 0 Å². The van der Waals surface area contributed by atoms with Gasteiger partial charge < -0.3 is 9.72 Å². The first-order valence-electron chi connectivity index (χ1n) is 7.20. The summed E-state index contributed by atoms with van der Waals surface area (Å²) >= 11 is 5.05. The number of aromatic nitrogens is 2. The molecule has 0 spiro atoms. The van der Waals surface area contributed by atoms with E-state index in [0.29, 0.717) is 17.8 Å². The Balaban J connectivity index is 2.36. The van der Waals surface area contributed by atoms with E-state index in [0.717, 1.165) is 35.4 Å². The first-order valence-corrected chi connectivity index (χ1v) is 7.61. The molecule has 0 aliphatic heterocycles. The van der Waals surface area contributed by atoms with Gasteiger partial charge in [-0.2, -0.15) is 0 Å². The maximum Gasteiger partial charge on any atom is 0.255 e. The lowest BCUT2D eigenvalue weighted by Gasteiger charge is -2.09. The SMILES string of the molecule is CCCc1[nH]c(=S)[nH]c(=O)c1Cc1cccc(OCC)c1. The molecule has 0 fully saturated rings. The zero-order chi connectivity index (χ0) is 15.2. The molecule has 0 saturated carbocycles. The summed E-state index contributed by atoms with van der Waals surface area (Å²) in [5.74, 6) is 0.826. The number of nitrogens with one attached hydrogen (secondary N) is 2. The van der Waals surface area contributed by atoms with E-state index in [4.69, 9.17) is 17.0 Å². The standard InChI is InChI=1S/C16H20N2O2S/c1-3-6-14-13(15(19)18-16(21)17-14)10-11-7-5-8-12(9-11)20-4-2/h5,7-9H,3-4,6,10H2,1-2H3,(H2,17,18,19,21). The van der Waals surface area contributed by atoms with E-state index in [1.54, 1.807) is 0 Å². The van der Waals surface area contributed by atoms with E-state index in [1.807, 2.05) is 31.2 Å². The summed E-state index contributed by atoms with van der Waals surface area (Å²) in [6.45, 7) is 4.66. The van der Waals surface area contributed by atoms with E-state index in [9.17, 15) is 4.79 Å². The van der Waals surface area contributed by atoms with Crippen LogP contribution in [-0.2, 0) is 12.8 Å². The second kappa shape index (κ2) is 7.22. The van der Waals surface area contributed by atoms with Gasteiger partial charge in [-0.25, -0.2) is 0 Å². The van der Waals surface area contributed by atoms with Crippen LogP contribution in [0.4, 0.5) is 0 Å². The molecule has 2 N–H and O–H groups in total. The Labute approximate surface area is 129 Å². The minimum absolute atomic E-state index is 0.107. The molecule has 112 valence electrons. The van der Waals surface area contributed by atoms with Gasteiger partial charge in [-0.15, -0.1) is 0 Å². The average Bonchev–Trinajstić information content (AvgIpc) is 2.44. The number of benzene rings is 1. The predicted molar refractivity (Wildman–Crippen MR) is 86.7 cm³/mol. The van der Waals surface area contributed by atoms with E-state index >= 15 is 0 Å². The summed E-state index contributed by atoms with van der Waals surface area (Å²) in [6, 6.07) is 7.83. The summed E-state index contributed by atoms with van der Waals surface area (Å²) in [6.07, 6.45) is 2.34. The molecule has 0 atom stereocenters. The lowest BCUT2D eigenvalue weighted by Crippen LogP contribution is -2.18. The summed E-state index contributed by atoms with van der Waals surface area (Å²) in [5, 5.41) is 0. The van der Waals surface area contributed by atoms with Gasteiger partial charge >= 0.3 is 0 Å². The molecule has 4 nitrogen and oxygen atoms in total. The molecule has 0 radical (unpaired) electrons. The minimum Gasteiger partial charge on any atom is -0.494 e. The van der Waals surface area contributed by atoms with Crippen LogP contribution in [0.5, 0.6) is 5.75 Å². The van der Waals surface area contributed by atoms with Crippen molar-refractivity contribution in [2.45, 2.75) is 33.1 Å². The quantitative estimate of drug-likeness (QED) is 0.804. The third kappa shape index (κ3) is 4.04. The molecule has 2 aromatic rings. The molecule has 0 amide bonds. The first-order chi connectivity index (χ1) is 10.1. The summed E-state index contributed by atoms with van der Waals surface area (Å²) in [4.78, 5) is 18.0. The van der Waals surface area contributed by atoms with Crippen LogP contribution in [0, 0.1) is 4.77 Å². The summed E-state index contributed by atoms with van der Waals surface area (Å²) < 4.78 is 5.89. The van der Waals surface area contributed by atoms with Crippen molar-refractivity contribution >= 4 is 12.2 Å². The molecule has 5 heteroatoms. The van der Waals surface area contributed by atoms with E-state index in [1.165, 1.54) is 0 Å². The van der Waals surface area contributed by atoms with Crippen LogP contribution in [0.1, 0.15) is 37.1 Å². The lowest BCUT2D eigenvalue weighted by atomic mass is 10.0. The highest BCUT2D eigenvalue weighted by Crippen LogP contribution is 2.17. The van der Waals surface area contributed by atoms with Crippen molar-refractivity contribution in [3.05, 3.63) is 56.2 Å². The van der Waals surface area contributed by atoms with Gasteiger partial charge in [-0.1, -0.05) is 25.5 Å². The highest BCUT2D eigenvalue weighted by Gasteiger charge is 2.09. The Bertz CT molecular complexity index is 719. The Morgan fingerprint density at radius 1 is 1.24 bits per heavy atom. The Hall–Kier alpha value is -1.88. The second-order valence-electron chi connectivity index (χ2n) is 4.87. The van der Waals surface area contributed by atoms with Crippen LogP contribution in [-0.4, -0.2) is 16.6 Å². The number of aromatic amines is 2. The molecular weight excluding hydrogens is 284 g/mol. The number of ether oxygens (including phenoxy) is 1. The highest BCUT2D eigenvalue weighted by atomic mass is 32.1. The van der Waals surface area contributed by atoms with Gasteiger partial charge in [0.1, 0.15) is 5.75 Å². The largest absolute Gasteiger partial charge is 0.494 e. The van der Waals surface area contributed by atoms with Crippen LogP contribution in [0.3, 0.4) is 0 Å². The summed E-state index contributed by atoms with van der Waals surface area (Å²) in [5.41, 5.74) is 2.62. The van der Waals surface area contributed by atoms with Gasteiger partial charge in [0, 0.05) is 17.7 Å². The fourth-order valence-electron chi connectivity index (χ4n) is 2.33. The molecule has 21 heavy (non-hydrogen) atoms. The average molecular weight is 304 g/mol. The van der Waals surface area contributed by atoms with Gasteiger partial charge in [-0.05, 0) is 43.3 Å². The predicted octanol–water partition coefficient (Wildman–Crippen LogP) is 3.37. The summed E-state index contributed by atoms with van der Waals surface area (Å²) in [7, 11) is 0. The molecule has 0 saturated heterocycles. The van der Waals surface area contributed by atoms with Crippen molar-refractivity contribution in [3.8, 4) is 5.75 Å². The van der Waals surface area contributed by atoms with Gasteiger partial charge in [0.25, 0.3) is 5.56 Å². The van der Waals surface area contributed by atoms with Crippen LogP contribution >= 0.6 is 12.2 Å². The van der Waals surface area contributed by atoms with Crippen molar-refractivity contribution in [1.82, 2.24) is 9.97 Å². The number of hydrogen-bond donors (Lipinski definition) is 2. The second-order valence-corrected chi connectivity index (χ2v) is 5.28. The van der Waals surface area contributed by atoms with Crippen molar-refractivity contribution in [1.29, 1.82) is 0 Å². The van der Waals surface area contributed by atoms with E-state index in [-0.39, 0.29) is 5.56 Å². The molecule has 0 aliphatic carbocycles. The topological polar surface area (TPSA) is 57.9 Å². The van der Waals surface area contributed by atoms with Crippen molar-refractivity contribution in [2.75, 3.05) is 6.61 Å². The van der Waals surface area contributed by atoms with E-state index < -0.39 is 0 Å². The maximum atomic E-state index is 12.2. The third-order valence-corrected chi connectivity index (χ3v) is 3.42. The van der Waals surface area contributed by atoms with Gasteiger partial charge in [0.05, 0.1) is 6.61 Å². The number of H-pyrrole nitrogens is 2.